The SMILES string of the molecule is CCC(O[N+](=O)[O-])O[N+](=O)[O-]. The summed E-state index contributed by atoms with van der Waals surface area (Å²) in [5.41, 5.74) is 0. The third-order valence-corrected chi connectivity index (χ3v) is 0.741. The molecule has 0 aromatic rings. The molecule has 0 radical (unpaired) electrons. The smallest absolute Gasteiger partial charge is 0.283 e. The van der Waals surface area contributed by atoms with Crippen molar-refractivity contribution in [3.05, 3.63) is 20.2 Å². The molecular weight excluding hydrogens is 160 g/mol. The van der Waals surface area contributed by atoms with E-state index in [1.807, 2.05) is 0 Å². The van der Waals surface area contributed by atoms with Crippen molar-refractivity contribution in [2.75, 3.05) is 0 Å². The lowest BCUT2D eigenvalue weighted by Gasteiger charge is -2.08. The van der Waals surface area contributed by atoms with Crippen LogP contribution in [-0.4, -0.2) is 16.5 Å². The summed E-state index contributed by atoms with van der Waals surface area (Å²) in [5.74, 6) is 0. The van der Waals surface area contributed by atoms with E-state index in [0.29, 0.717) is 0 Å². The van der Waals surface area contributed by atoms with E-state index < -0.39 is 16.5 Å². The molecule has 8 heteroatoms. The van der Waals surface area contributed by atoms with Gasteiger partial charge in [-0.15, -0.1) is 20.2 Å². The highest BCUT2D eigenvalue weighted by Crippen LogP contribution is 1.99. The number of rotatable bonds is 5. The van der Waals surface area contributed by atoms with Crippen LogP contribution >= 0.6 is 0 Å². The van der Waals surface area contributed by atoms with Crippen molar-refractivity contribution in [2.45, 2.75) is 19.6 Å². The number of hydrogen-bond acceptors (Lipinski definition) is 6. The second-order valence-corrected chi connectivity index (χ2v) is 1.50. The number of nitrogens with zero attached hydrogens (tertiary/aromatic N) is 2. The van der Waals surface area contributed by atoms with Gasteiger partial charge >= 0.3 is 0 Å². The number of hydrogen-bond donors (Lipinski definition) is 0. The second-order valence-electron chi connectivity index (χ2n) is 1.50. The van der Waals surface area contributed by atoms with Crippen LogP contribution in [0.1, 0.15) is 13.3 Å². The summed E-state index contributed by atoms with van der Waals surface area (Å²) in [4.78, 5) is 26.8. The Bertz CT molecular complexity index is 142. The average molecular weight is 166 g/mol. The van der Waals surface area contributed by atoms with Crippen LogP contribution in [0.4, 0.5) is 0 Å². The largest absolute Gasteiger partial charge is 0.296 e. The molecule has 0 amide bonds. The summed E-state index contributed by atoms with van der Waals surface area (Å²) in [5, 5.41) is 17.0. The monoisotopic (exact) mass is 166 g/mol. The average Bonchev–Trinajstić information content (AvgIpc) is 1.84. The Balaban J connectivity index is 3.76. The molecule has 0 aromatic heterocycles. The van der Waals surface area contributed by atoms with Crippen molar-refractivity contribution >= 4 is 0 Å². The normalized spacial score (nSPS) is 9.27. The lowest BCUT2D eigenvalue weighted by molar-refractivity contribution is -0.851. The predicted octanol–water partition coefficient (Wildman–Crippen LogP) is 0.139. The molecule has 0 aliphatic carbocycles. The van der Waals surface area contributed by atoms with E-state index in [1.54, 1.807) is 0 Å². The quantitative estimate of drug-likeness (QED) is 0.326. The van der Waals surface area contributed by atoms with E-state index in [4.69, 9.17) is 0 Å². The summed E-state index contributed by atoms with van der Waals surface area (Å²) in [6, 6.07) is 0. The first-order chi connectivity index (χ1) is 5.06. The van der Waals surface area contributed by atoms with Gasteiger partial charge in [-0.3, -0.25) is 9.68 Å². The van der Waals surface area contributed by atoms with Gasteiger partial charge < -0.3 is 0 Å². The molecule has 0 saturated carbocycles. The highest BCUT2D eigenvalue weighted by Gasteiger charge is 2.14. The molecule has 11 heavy (non-hydrogen) atoms. The van der Waals surface area contributed by atoms with E-state index >= 15 is 0 Å². The molecule has 0 aromatic carbocycles. The lowest BCUT2D eigenvalue weighted by atomic mass is 10.5. The van der Waals surface area contributed by atoms with E-state index in [-0.39, 0.29) is 6.42 Å². The van der Waals surface area contributed by atoms with Crippen LogP contribution in [0.15, 0.2) is 0 Å². The highest BCUT2D eigenvalue weighted by molar-refractivity contribution is 4.28. The third kappa shape index (κ3) is 4.88. The third-order valence-electron chi connectivity index (χ3n) is 0.741. The molecule has 0 heterocycles. The molecule has 0 aliphatic heterocycles. The zero-order valence-electron chi connectivity index (χ0n) is 5.63. The highest BCUT2D eigenvalue weighted by atomic mass is 17.0. The van der Waals surface area contributed by atoms with Crippen LogP contribution in [0.5, 0.6) is 0 Å². The summed E-state index contributed by atoms with van der Waals surface area (Å²) >= 11 is 0. The van der Waals surface area contributed by atoms with Crippen LogP contribution in [0.2, 0.25) is 0 Å². The Labute approximate surface area is 60.9 Å². The molecular formula is C3H6N2O6. The molecule has 0 rings (SSSR count). The van der Waals surface area contributed by atoms with Crippen molar-refractivity contribution in [2.24, 2.45) is 0 Å². The van der Waals surface area contributed by atoms with Crippen LogP contribution in [-0.2, 0) is 9.68 Å². The molecule has 8 nitrogen and oxygen atoms in total. The van der Waals surface area contributed by atoms with Crippen LogP contribution < -0.4 is 0 Å². The zero-order valence-corrected chi connectivity index (χ0v) is 5.63. The minimum atomic E-state index is -1.43. The van der Waals surface area contributed by atoms with Gasteiger partial charge in [-0.2, -0.15) is 0 Å². The minimum Gasteiger partial charge on any atom is -0.283 e. The van der Waals surface area contributed by atoms with Gasteiger partial charge in [0.15, 0.2) is 0 Å². The molecule has 0 spiro atoms. The van der Waals surface area contributed by atoms with Gasteiger partial charge in [0.05, 0.1) is 0 Å². The Kier molecular flexibility index (Phi) is 3.63. The van der Waals surface area contributed by atoms with Crippen molar-refractivity contribution in [3.63, 3.8) is 0 Å². The minimum absolute atomic E-state index is 0.0297. The Hall–Kier alpha value is -1.60. The van der Waals surface area contributed by atoms with Gasteiger partial charge in [-0.25, -0.2) is 0 Å². The zero-order chi connectivity index (χ0) is 8.85. The van der Waals surface area contributed by atoms with Gasteiger partial charge in [0.2, 0.25) is 0 Å². The maximum Gasteiger partial charge on any atom is 0.296 e. The second kappa shape index (κ2) is 4.25. The maximum absolute atomic E-state index is 9.63. The standard InChI is InChI=1S/C3H6N2O6/c1-2-3(10-4(6)7)11-5(8)9/h3H,2H2,1H3. The molecule has 0 bridgehead atoms. The molecule has 64 valence electrons. The van der Waals surface area contributed by atoms with Crippen LogP contribution in [0.25, 0.3) is 0 Å². The fraction of sp³-hybridized carbons (Fsp3) is 1.00. The Morgan fingerprint density at radius 2 is 1.64 bits per heavy atom. The summed E-state index contributed by atoms with van der Waals surface area (Å²) in [6.07, 6.45) is -1.40. The van der Waals surface area contributed by atoms with Crippen molar-refractivity contribution < 1.29 is 19.8 Å². The summed E-state index contributed by atoms with van der Waals surface area (Å²) in [7, 11) is 0. The molecule has 0 N–H and O–H groups in total. The van der Waals surface area contributed by atoms with Crippen molar-refractivity contribution in [1.82, 2.24) is 0 Å². The maximum atomic E-state index is 9.63. The van der Waals surface area contributed by atoms with E-state index in [1.165, 1.54) is 6.92 Å². The van der Waals surface area contributed by atoms with Gasteiger partial charge in [0.1, 0.15) is 0 Å². The first kappa shape index (κ1) is 9.40. The van der Waals surface area contributed by atoms with E-state index in [9.17, 15) is 20.2 Å². The molecule has 0 aliphatic rings. The topological polar surface area (TPSA) is 105 Å². The molecule has 0 saturated heterocycles. The van der Waals surface area contributed by atoms with Crippen molar-refractivity contribution in [1.29, 1.82) is 0 Å². The van der Waals surface area contributed by atoms with Crippen molar-refractivity contribution in [3.8, 4) is 0 Å². The molecule has 0 unspecified atom stereocenters. The fourth-order valence-corrected chi connectivity index (χ4v) is 0.360. The van der Waals surface area contributed by atoms with E-state index in [0.717, 1.165) is 0 Å². The lowest BCUT2D eigenvalue weighted by Crippen LogP contribution is -2.22. The first-order valence-corrected chi connectivity index (χ1v) is 2.68. The van der Waals surface area contributed by atoms with Gasteiger partial charge in [0.25, 0.3) is 16.5 Å². The van der Waals surface area contributed by atoms with Gasteiger partial charge in [0, 0.05) is 0 Å². The summed E-state index contributed by atoms with van der Waals surface area (Å²) in [6.45, 7) is 1.46. The summed E-state index contributed by atoms with van der Waals surface area (Å²) < 4.78 is 0. The van der Waals surface area contributed by atoms with Crippen LogP contribution in [0, 0.1) is 20.2 Å². The van der Waals surface area contributed by atoms with Crippen LogP contribution in [0.3, 0.4) is 0 Å². The molecule has 0 atom stereocenters. The Morgan fingerprint density at radius 3 is 1.82 bits per heavy atom. The first-order valence-electron chi connectivity index (χ1n) is 2.68. The predicted molar refractivity (Wildman–Crippen MR) is 30.2 cm³/mol. The fourth-order valence-electron chi connectivity index (χ4n) is 0.360. The van der Waals surface area contributed by atoms with Gasteiger partial charge in [-0.05, 0) is 6.42 Å². The Morgan fingerprint density at radius 1 is 1.27 bits per heavy atom. The molecule has 0 fully saturated rings. The van der Waals surface area contributed by atoms with E-state index in [2.05, 4.69) is 9.68 Å². The van der Waals surface area contributed by atoms with Gasteiger partial charge in [-0.1, -0.05) is 6.92 Å².